The number of allylic oxidation sites excluding steroid dienone is 3. The van der Waals surface area contributed by atoms with Crippen LogP contribution in [0.15, 0.2) is 23.5 Å². The minimum Gasteiger partial charge on any atom is -0.508 e. The van der Waals surface area contributed by atoms with Crippen molar-refractivity contribution < 1.29 is 54.0 Å². The van der Waals surface area contributed by atoms with E-state index in [1.165, 1.54) is 6.08 Å². The van der Waals surface area contributed by atoms with Gasteiger partial charge < -0.3 is 5.11 Å². The van der Waals surface area contributed by atoms with Crippen molar-refractivity contribution in [3.05, 3.63) is 23.5 Å². The first kappa shape index (κ1) is 12.4. The van der Waals surface area contributed by atoms with Crippen LogP contribution in [0.5, 0.6) is 0 Å². The monoisotopic (exact) mass is 379 g/mol. The van der Waals surface area contributed by atoms with Crippen molar-refractivity contribution in [3.63, 3.8) is 0 Å². The van der Waals surface area contributed by atoms with E-state index < -0.39 is 5.41 Å². The van der Waals surface area contributed by atoms with E-state index >= 15 is 0 Å². The molecule has 2 nitrogen and oxygen atoms in total. The maximum absolute atomic E-state index is 11.4. The Morgan fingerprint density at radius 2 is 1.92 bits per heavy atom. The van der Waals surface area contributed by atoms with Gasteiger partial charge in [0.2, 0.25) is 0 Å². The third kappa shape index (κ3) is 2.44. The summed E-state index contributed by atoms with van der Waals surface area (Å²) in [5.74, 6) is 0.266. The molecule has 0 saturated heterocycles. The normalized spacial score (nSPS) is 20.8. The van der Waals surface area contributed by atoms with Crippen molar-refractivity contribution in [1.82, 2.24) is 0 Å². The summed E-state index contributed by atoms with van der Waals surface area (Å²) in [5, 5.41) is 9.17. The van der Waals surface area contributed by atoms with Gasteiger partial charge >= 0.3 is 0 Å². The number of ketones is 1. The van der Waals surface area contributed by atoms with E-state index in [1.54, 1.807) is 26.8 Å². The van der Waals surface area contributed by atoms with E-state index in [0.29, 0.717) is 5.57 Å². The van der Waals surface area contributed by atoms with Crippen molar-refractivity contribution in [2.45, 2.75) is 20.8 Å². The molecule has 3 heteroatoms. The summed E-state index contributed by atoms with van der Waals surface area (Å²) in [6, 6.07) is 0. The molecule has 0 bridgehead atoms. The Morgan fingerprint density at radius 1 is 1.42 bits per heavy atom. The summed E-state index contributed by atoms with van der Waals surface area (Å²) >= 11 is 0. The van der Waals surface area contributed by atoms with Gasteiger partial charge in [-0.3, -0.25) is 4.79 Å². The van der Waals surface area contributed by atoms with Gasteiger partial charge in [-0.1, -0.05) is 0 Å². The summed E-state index contributed by atoms with van der Waals surface area (Å²) in [7, 11) is 0. The number of aliphatic hydroxyl groups is 1. The molecule has 63 valence electrons. The molecule has 1 radical (unpaired) electrons. The summed E-state index contributed by atoms with van der Waals surface area (Å²) in [6.07, 6.45) is 3.07. The molecule has 0 atom stereocenters. The second-order valence-corrected chi connectivity index (χ2v) is 3.45. The van der Waals surface area contributed by atoms with E-state index in [0.717, 1.165) is 0 Å². The molecule has 1 N–H and O–H groups in total. The minimum atomic E-state index is -0.539. The molecule has 1 aliphatic rings. The van der Waals surface area contributed by atoms with Gasteiger partial charge in [-0.15, -0.1) is 0 Å². The minimum absolute atomic E-state index is 0. The quantitative estimate of drug-likeness (QED) is 0.699. The van der Waals surface area contributed by atoms with Gasteiger partial charge in [-0.25, -0.2) is 0 Å². The Bertz CT molecular complexity index is 262. The molecule has 0 saturated carbocycles. The molecule has 0 aromatic heterocycles. The topological polar surface area (TPSA) is 37.3 Å². The summed E-state index contributed by atoms with van der Waals surface area (Å²) in [5.41, 5.74) is 0.0816. The van der Waals surface area contributed by atoms with E-state index in [1.807, 2.05) is 0 Å². The molecule has 0 spiro atoms. The molecule has 0 aliphatic heterocycles. The van der Waals surface area contributed by atoms with Crippen molar-refractivity contribution in [1.29, 1.82) is 0 Å². The summed E-state index contributed by atoms with van der Waals surface area (Å²) in [6.45, 7) is 5.30. The first-order valence-corrected chi connectivity index (χ1v) is 3.58. The van der Waals surface area contributed by atoms with E-state index in [4.69, 9.17) is 5.11 Å². The smallest absolute Gasteiger partial charge is 0.168 e. The van der Waals surface area contributed by atoms with E-state index in [2.05, 4.69) is 0 Å². The number of carbonyl (C=O) groups excluding carboxylic acids is 1. The van der Waals surface area contributed by atoms with Crippen LogP contribution in [-0.4, -0.2) is 10.9 Å². The fourth-order valence-electron chi connectivity index (χ4n) is 1.27. The molecule has 12 heavy (non-hydrogen) atoms. The molecule has 0 amide bonds. The molecule has 0 aromatic carbocycles. The van der Waals surface area contributed by atoms with E-state index in [-0.39, 0.29) is 55.6 Å². The Labute approximate surface area is 108 Å². The van der Waals surface area contributed by atoms with Gasteiger partial charge in [-0.2, -0.15) is 0 Å². The Kier molecular flexibility index (Phi) is 4.20. The average molecular weight is 379 g/mol. The molecule has 0 fully saturated rings. The number of carbonyl (C=O) groups is 1. The first-order valence-electron chi connectivity index (χ1n) is 3.58. The zero-order chi connectivity index (χ0) is 8.65. The number of hydrogen-bond acceptors (Lipinski definition) is 2. The Morgan fingerprint density at radius 3 is 2.33 bits per heavy atom. The second-order valence-electron chi connectivity index (χ2n) is 3.45. The number of aliphatic hydroxyl groups excluding tert-OH is 1. The third-order valence-electron chi connectivity index (χ3n) is 1.82. The van der Waals surface area contributed by atoms with Gasteiger partial charge in [0.25, 0.3) is 0 Å². The summed E-state index contributed by atoms with van der Waals surface area (Å²) < 4.78 is 0. The van der Waals surface area contributed by atoms with Gasteiger partial charge in [0.05, 0.1) is 0 Å². The van der Waals surface area contributed by atoms with Gasteiger partial charge in [0.1, 0.15) is 5.76 Å². The predicted molar refractivity (Wildman–Crippen MR) is 43.3 cm³/mol. The molecule has 1 rings (SSSR count). The molecular formula is C9H12AcO2. The fourth-order valence-corrected chi connectivity index (χ4v) is 1.27. The van der Waals surface area contributed by atoms with E-state index in [9.17, 15) is 4.79 Å². The van der Waals surface area contributed by atoms with Crippen LogP contribution in [0.2, 0.25) is 0 Å². The van der Waals surface area contributed by atoms with Crippen LogP contribution < -0.4 is 0 Å². The summed E-state index contributed by atoms with van der Waals surface area (Å²) in [4.78, 5) is 11.4. The predicted octanol–water partition coefficient (Wildman–Crippen LogP) is 1.98. The number of rotatable bonds is 0. The van der Waals surface area contributed by atoms with Crippen molar-refractivity contribution >= 4 is 5.78 Å². The van der Waals surface area contributed by atoms with Gasteiger partial charge in [0.15, 0.2) is 5.78 Å². The largest absolute Gasteiger partial charge is 0.508 e. The van der Waals surface area contributed by atoms with Crippen LogP contribution >= 0.6 is 0 Å². The maximum atomic E-state index is 11.4. The second kappa shape index (κ2) is 4.07. The van der Waals surface area contributed by atoms with Crippen LogP contribution in [-0.2, 0) is 4.79 Å². The number of hydrogen-bond donors (Lipinski definition) is 1. The molecular weight excluding hydrogens is 367 g/mol. The zero-order valence-electron chi connectivity index (χ0n) is 7.59. The van der Waals surface area contributed by atoms with Crippen molar-refractivity contribution in [2.24, 2.45) is 5.41 Å². The standard InChI is InChI=1S/C9H12O2.Ac/c1-6-4-7(10)5-9(2,3)8(6)11;/h4-5,10H,1-3H3;. The van der Waals surface area contributed by atoms with Crippen LogP contribution in [0.3, 0.4) is 0 Å². The first-order chi connectivity index (χ1) is 4.93. The SMILES string of the molecule is CC1=CC(O)=CC(C)(C)C1=O.[Ac]. The molecule has 0 aromatic rings. The molecule has 0 heterocycles. The molecule has 0 unspecified atom stereocenters. The van der Waals surface area contributed by atoms with Crippen molar-refractivity contribution in [3.8, 4) is 0 Å². The van der Waals surface area contributed by atoms with Gasteiger partial charge in [-0.05, 0) is 38.5 Å². The number of Topliss-reactive ketones (excluding diaryl/α,β-unsaturated/α-hetero) is 1. The maximum Gasteiger partial charge on any atom is 0.168 e. The van der Waals surface area contributed by atoms with Crippen LogP contribution in [0.4, 0.5) is 0 Å². The Balaban J connectivity index is 0.00000121. The van der Waals surface area contributed by atoms with Crippen LogP contribution in [0.1, 0.15) is 20.8 Å². The third-order valence-corrected chi connectivity index (χ3v) is 1.82. The Hall–Kier alpha value is 0.392. The van der Waals surface area contributed by atoms with Crippen LogP contribution in [0, 0.1) is 49.5 Å². The average Bonchev–Trinajstić information content (AvgIpc) is 1.81. The zero-order valence-corrected chi connectivity index (χ0v) is 12.3. The fraction of sp³-hybridized carbons (Fsp3) is 0.444. The van der Waals surface area contributed by atoms with Crippen molar-refractivity contribution in [2.75, 3.05) is 0 Å². The van der Waals surface area contributed by atoms with Gasteiger partial charge in [0, 0.05) is 49.5 Å². The van der Waals surface area contributed by atoms with Crippen LogP contribution in [0.25, 0.3) is 0 Å². The molecule has 1 aliphatic carbocycles.